The summed E-state index contributed by atoms with van der Waals surface area (Å²) in [5.41, 5.74) is 0.698. The molecule has 2 heterocycles. The molecule has 1 saturated heterocycles. The van der Waals surface area contributed by atoms with Crippen molar-refractivity contribution in [3.8, 4) is 0 Å². The molecule has 0 saturated carbocycles. The fourth-order valence-electron chi connectivity index (χ4n) is 2.38. The zero-order valence-electron chi connectivity index (χ0n) is 9.89. The lowest BCUT2D eigenvalue weighted by molar-refractivity contribution is 0.112. The highest BCUT2D eigenvalue weighted by Gasteiger charge is 2.26. The van der Waals surface area contributed by atoms with E-state index in [0.717, 1.165) is 18.6 Å². The first-order valence-corrected chi connectivity index (χ1v) is 5.91. The summed E-state index contributed by atoms with van der Waals surface area (Å²) in [5, 5.41) is 0. The molecule has 0 spiro atoms. The highest BCUT2D eigenvalue weighted by Crippen LogP contribution is 2.28. The summed E-state index contributed by atoms with van der Waals surface area (Å²) >= 11 is 0. The number of carbonyl (C=O) groups excluding carboxylic acids is 1. The molecule has 1 aromatic rings. The zero-order valence-corrected chi connectivity index (χ0v) is 9.89. The van der Waals surface area contributed by atoms with Crippen LogP contribution in [0.5, 0.6) is 0 Å². The van der Waals surface area contributed by atoms with E-state index in [2.05, 4.69) is 23.7 Å². The van der Waals surface area contributed by atoms with Crippen LogP contribution in [0, 0.1) is 5.92 Å². The van der Waals surface area contributed by atoms with E-state index < -0.39 is 0 Å². The van der Waals surface area contributed by atoms with Crippen LogP contribution >= 0.6 is 0 Å². The lowest BCUT2D eigenvalue weighted by Crippen LogP contribution is -2.43. The van der Waals surface area contributed by atoms with Gasteiger partial charge < -0.3 is 4.90 Å². The van der Waals surface area contributed by atoms with Gasteiger partial charge in [-0.25, -0.2) is 4.98 Å². The van der Waals surface area contributed by atoms with Crippen LogP contribution < -0.4 is 4.90 Å². The van der Waals surface area contributed by atoms with Crippen molar-refractivity contribution in [2.45, 2.75) is 32.7 Å². The number of aldehydes is 1. The Morgan fingerprint density at radius 3 is 3.06 bits per heavy atom. The van der Waals surface area contributed by atoms with Crippen LogP contribution in [0.25, 0.3) is 0 Å². The second kappa shape index (κ2) is 4.64. The lowest BCUT2D eigenvalue weighted by Gasteiger charge is -2.39. The van der Waals surface area contributed by atoms with Crippen LogP contribution in [-0.2, 0) is 0 Å². The van der Waals surface area contributed by atoms with Crippen molar-refractivity contribution < 1.29 is 4.79 Å². The Labute approximate surface area is 96.5 Å². The molecule has 0 aliphatic carbocycles. The maximum atomic E-state index is 11.0. The van der Waals surface area contributed by atoms with Crippen molar-refractivity contribution in [2.75, 3.05) is 11.4 Å². The predicted octanol–water partition coefficient (Wildman–Crippen LogP) is 2.52. The summed E-state index contributed by atoms with van der Waals surface area (Å²) in [6.07, 6.45) is 5.10. The standard InChI is InChI=1S/C13H18N2O/c1-10-5-4-8-15(11(10)2)13-12(9-16)6-3-7-14-13/h3,6-7,9-11H,4-5,8H2,1-2H3. The number of aromatic nitrogens is 1. The average Bonchev–Trinajstić information content (AvgIpc) is 2.33. The minimum absolute atomic E-state index is 0.461. The average molecular weight is 218 g/mol. The number of pyridine rings is 1. The first-order valence-electron chi connectivity index (χ1n) is 5.91. The molecule has 86 valence electrons. The van der Waals surface area contributed by atoms with E-state index >= 15 is 0 Å². The van der Waals surface area contributed by atoms with Crippen LogP contribution in [0.3, 0.4) is 0 Å². The minimum Gasteiger partial charge on any atom is -0.353 e. The lowest BCUT2D eigenvalue weighted by atomic mass is 9.92. The van der Waals surface area contributed by atoms with Gasteiger partial charge >= 0.3 is 0 Å². The monoisotopic (exact) mass is 218 g/mol. The van der Waals surface area contributed by atoms with Crippen LogP contribution in [0.15, 0.2) is 18.3 Å². The SMILES string of the molecule is CC1CCCN(c2ncccc2C=O)C1C. The highest BCUT2D eigenvalue weighted by atomic mass is 16.1. The molecular weight excluding hydrogens is 200 g/mol. The van der Waals surface area contributed by atoms with Gasteiger partial charge in [0.15, 0.2) is 6.29 Å². The van der Waals surface area contributed by atoms with Crippen LogP contribution in [0.1, 0.15) is 37.0 Å². The Balaban J connectivity index is 2.31. The predicted molar refractivity (Wildman–Crippen MR) is 64.8 cm³/mol. The smallest absolute Gasteiger partial charge is 0.153 e. The van der Waals surface area contributed by atoms with E-state index in [-0.39, 0.29) is 0 Å². The van der Waals surface area contributed by atoms with Crippen molar-refractivity contribution in [2.24, 2.45) is 5.92 Å². The topological polar surface area (TPSA) is 33.2 Å². The summed E-state index contributed by atoms with van der Waals surface area (Å²) in [6, 6.07) is 4.11. The normalized spacial score (nSPS) is 25.5. The molecule has 0 N–H and O–H groups in total. The van der Waals surface area contributed by atoms with Gasteiger partial charge in [-0.1, -0.05) is 6.92 Å². The van der Waals surface area contributed by atoms with Gasteiger partial charge in [-0.05, 0) is 37.8 Å². The largest absolute Gasteiger partial charge is 0.353 e. The number of hydrogen-bond acceptors (Lipinski definition) is 3. The van der Waals surface area contributed by atoms with Gasteiger partial charge in [-0.2, -0.15) is 0 Å². The first kappa shape index (κ1) is 11.1. The Morgan fingerprint density at radius 1 is 1.50 bits per heavy atom. The molecule has 2 rings (SSSR count). The first-order chi connectivity index (χ1) is 7.74. The van der Waals surface area contributed by atoms with Gasteiger partial charge in [0.2, 0.25) is 0 Å². The van der Waals surface area contributed by atoms with E-state index in [0.29, 0.717) is 17.5 Å². The minimum atomic E-state index is 0.461. The van der Waals surface area contributed by atoms with Crippen LogP contribution in [-0.4, -0.2) is 23.9 Å². The quantitative estimate of drug-likeness (QED) is 0.715. The maximum Gasteiger partial charge on any atom is 0.153 e. The molecule has 0 aromatic carbocycles. The molecule has 0 radical (unpaired) electrons. The van der Waals surface area contributed by atoms with Crippen molar-refractivity contribution in [1.29, 1.82) is 0 Å². The van der Waals surface area contributed by atoms with E-state index in [1.165, 1.54) is 12.8 Å². The molecular formula is C13H18N2O. The third-order valence-electron chi connectivity index (χ3n) is 3.59. The fraction of sp³-hybridized carbons (Fsp3) is 0.538. The molecule has 1 aliphatic heterocycles. The molecule has 0 bridgehead atoms. The zero-order chi connectivity index (χ0) is 11.5. The van der Waals surface area contributed by atoms with E-state index in [4.69, 9.17) is 0 Å². The van der Waals surface area contributed by atoms with Crippen molar-refractivity contribution in [1.82, 2.24) is 4.98 Å². The second-order valence-electron chi connectivity index (χ2n) is 4.59. The molecule has 0 amide bonds. The Kier molecular flexibility index (Phi) is 3.22. The van der Waals surface area contributed by atoms with Gasteiger partial charge in [0.1, 0.15) is 5.82 Å². The summed E-state index contributed by atoms with van der Waals surface area (Å²) in [6.45, 7) is 5.48. The number of rotatable bonds is 2. The maximum absolute atomic E-state index is 11.0. The molecule has 1 fully saturated rings. The Bertz CT molecular complexity index is 378. The molecule has 1 aromatic heterocycles. The van der Waals surface area contributed by atoms with Crippen molar-refractivity contribution >= 4 is 12.1 Å². The summed E-state index contributed by atoms with van der Waals surface area (Å²) in [4.78, 5) is 17.6. The Hall–Kier alpha value is -1.38. The number of nitrogens with zero attached hydrogens (tertiary/aromatic N) is 2. The van der Waals surface area contributed by atoms with Gasteiger partial charge in [-0.15, -0.1) is 0 Å². The number of hydrogen-bond donors (Lipinski definition) is 0. The van der Waals surface area contributed by atoms with Gasteiger partial charge in [-0.3, -0.25) is 4.79 Å². The number of anilines is 1. The number of piperidine rings is 1. The van der Waals surface area contributed by atoms with Crippen LogP contribution in [0.4, 0.5) is 5.82 Å². The highest BCUT2D eigenvalue weighted by molar-refractivity contribution is 5.82. The summed E-state index contributed by atoms with van der Waals surface area (Å²) < 4.78 is 0. The second-order valence-corrected chi connectivity index (χ2v) is 4.59. The fourth-order valence-corrected chi connectivity index (χ4v) is 2.38. The third-order valence-corrected chi connectivity index (χ3v) is 3.59. The molecule has 1 aliphatic rings. The molecule has 16 heavy (non-hydrogen) atoms. The van der Waals surface area contributed by atoms with Gasteiger partial charge in [0.25, 0.3) is 0 Å². The molecule has 3 nitrogen and oxygen atoms in total. The summed E-state index contributed by atoms with van der Waals surface area (Å²) in [5.74, 6) is 1.51. The van der Waals surface area contributed by atoms with E-state index in [9.17, 15) is 4.79 Å². The van der Waals surface area contributed by atoms with Crippen LogP contribution in [0.2, 0.25) is 0 Å². The molecule has 3 heteroatoms. The van der Waals surface area contributed by atoms with Crippen molar-refractivity contribution in [3.05, 3.63) is 23.9 Å². The number of carbonyl (C=O) groups is 1. The van der Waals surface area contributed by atoms with Gasteiger partial charge in [0, 0.05) is 18.8 Å². The third kappa shape index (κ3) is 1.94. The molecule has 2 atom stereocenters. The Morgan fingerprint density at radius 2 is 2.31 bits per heavy atom. The summed E-state index contributed by atoms with van der Waals surface area (Å²) in [7, 11) is 0. The van der Waals surface area contributed by atoms with E-state index in [1.807, 2.05) is 12.1 Å². The molecule has 2 unspecified atom stereocenters. The van der Waals surface area contributed by atoms with E-state index in [1.54, 1.807) is 6.20 Å². The van der Waals surface area contributed by atoms with Gasteiger partial charge in [0.05, 0.1) is 5.56 Å². The van der Waals surface area contributed by atoms with Crippen molar-refractivity contribution in [3.63, 3.8) is 0 Å².